The van der Waals surface area contributed by atoms with Crippen molar-refractivity contribution in [3.63, 3.8) is 0 Å². The lowest BCUT2D eigenvalue weighted by Crippen LogP contribution is -2.40. The molecule has 130 valence electrons. The third-order valence-corrected chi connectivity index (χ3v) is 4.95. The van der Waals surface area contributed by atoms with E-state index in [-0.39, 0.29) is 5.41 Å². The topological polar surface area (TPSA) is 69.5 Å². The summed E-state index contributed by atoms with van der Waals surface area (Å²) in [5.41, 5.74) is 0.826. The first-order valence-electron chi connectivity index (χ1n) is 8.17. The minimum absolute atomic E-state index is 0.0137. The highest BCUT2D eigenvalue weighted by atomic mass is 32.1. The quantitative estimate of drug-likeness (QED) is 0.533. The summed E-state index contributed by atoms with van der Waals surface area (Å²) < 4.78 is 0. The fourth-order valence-corrected chi connectivity index (χ4v) is 3.10. The average molecular weight is 347 g/mol. The van der Waals surface area contributed by atoms with Crippen LogP contribution >= 0.6 is 11.3 Å². The van der Waals surface area contributed by atoms with Crippen LogP contribution in [0.1, 0.15) is 37.3 Å². The Bertz CT molecular complexity index is 626. The van der Waals surface area contributed by atoms with Gasteiger partial charge in [-0.15, -0.1) is 11.3 Å². The molecule has 0 fully saturated rings. The second kappa shape index (κ2) is 8.80. The van der Waals surface area contributed by atoms with Crippen molar-refractivity contribution in [3.05, 3.63) is 52.5 Å². The molecule has 0 saturated heterocycles. The van der Waals surface area contributed by atoms with E-state index in [2.05, 4.69) is 52.0 Å². The lowest BCUT2D eigenvalue weighted by molar-refractivity contribution is 0.180. The molecule has 0 amide bonds. The molecule has 1 unspecified atom stereocenters. The summed E-state index contributed by atoms with van der Waals surface area (Å²) in [5.74, 6) is 0.718. The summed E-state index contributed by atoms with van der Waals surface area (Å²) in [6, 6.07) is 7.85. The molecule has 0 bridgehead atoms. The minimum atomic E-state index is -0.595. The zero-order valence-corrected chi connectivity index (χ0v) is 15.3. The normalized spacial score (nSPS) is 13.6. The zero-order valence-electron chi connectivity index (χ0n) is 14.5. The fraction of sp³-hybridized carbons (Fsp3) is 0.444. The first-order chi connectivity index (χ1) is 11.5. The van der Waals surface area contributed by atoms with Crippen LogP contribution in [-0.2, 0) is 5.41 Å². The molecule has 0 aliphatic carbocycles. The van der Waals surface area contributed by atoms with Crippen LogP contribution < -0.4 is 10.6 Å². The Kier molecular flexibility index (Phi) is 6.75. The molecule has 2 aromatic heterocycles. The van der Waals surface area contributed by atoms with E-state index in [9.17, 15) is 5.11 Å². The third kappa shape index (κ3) is 5.32. The van der Waals surface area contributed by atoms with Gasteiger partial charge in [0.05, 0.1) is 12.6 Å². The van der Waals surface area contributed by atoms with Gasteiger partial charge in [0.15, 0.2) is 5.96 Å². The molecule has 0 saturated carbocycles. The molecule has 5 nitrogen and oxygen atoms in total. The maximum atomic E-state index is 10.2. The number of hydrogen-bond acceptors (Lipinski definition) is 4. The van der Waals surface area contributed by atoms with Crippen LogP contribution in [0.5, 0.6) is 0 Å². The Morgan fingerprint density at radius 1 is 1.29 bits per heavy atom. The number of aliphatic hydroxyl groups excluding tert-OH is 1. The molecule has 0 aliphatic rings. The molecule has 6 heteroatoms. The molecular weight excluding hydrogens is 320 g/mol. The molecule has 0 aromatic carbocycles. The zero-order chi connectivity index (χ0) is 17.4. The number of aliphatic imine (C=N–C) groups is 1. The number of thiophene rings is 1. The number of rotatable bonds is 7. The second-order valence-corrected chi connectivity index (χ2v) is 7.18. The first kappa shape index (κ1) is 18.4. The smallest absolute Gasteiger partial charge is 0.191 e. The Morgan fingerprint density at radius 2 is 2.04 bits per heavy atom. The largest absolute Gasteiger partial charge is 0.387 e. The predicted molar refractivity (Wildman–Crippen MR) is 101 cm³/mol. The van der Waals surface area contributed by atoms with Crippen LogP contribution in [0.4, 0.5) is 0 Å². The number of guanidine groups is 1. The van der Waals surface area contributed by atoms with Crippen molar-refractivity contribution < 1.29 is 5.11 Å². The Balaban J connectivity index is 1.96. The third-order valence-electron chi connectivity index (χ3n) is 3.72. The molecule has 2 heterocycles. The van der Waals surface area contributed by atoms with Crippen molar-refractivity contribution in [2.45, 2.75) is 32.3 Å². The molecule has 0 spiro atoms. The van der Waals surface area contributed by atoms with Crippen LogP contribution in [-0.4, -0.2) is 35.7 Å². The summed E-state index contributed by atoms with van der Waals surface area (Å²) in [5, 5.41) is 18.8. The van der Waals surface area contributed by atoms with Crippen LogP contribution in [0, 0.1) is 0 Å². The van der Waals surface area contributed by atoms with Gasteiger partial charge in [0.2, 0.25) is 0 Å². The van der Waals surface area contributed by atoms with Crippen molar-refractivity contribution in [1.29, 1.82) is 0 Å². The number of aliphatic hydroxyl groups is 1. The second-order valence-electron chi connectivity index (χ2n) is 6.23. The summed E-state index contributed by atoms with van der Waals surface area (Å²) >= 11 is 1.75. The predicted octanol–water partition coefficient (Wildman–Crippen LogP) is 2.71. The van der Waals surface area contributed by atoms with Gasteiger partial charge < -0.3 is 15.7 Å². The summed E-state index contributed by atoms with van der Waals surface area (Å²) in [6.45, 7) is 8.26. The van der Waals surface area contributed by atoms with Gasteiger partial charge in [-0.2, -0.15) is 0 Å². The van der Waals surface area contributed by atoms with Crippen molar-refractivity contribution in [1.82, 2.24) is 15.6 Å². The van der Waals surface area contributed by atoms with Gasteiger partial charge >= 0.3 is 0 Å². The summed E-state index contributed by atoms with van der Waals surface area (Å²) in [4.78, 5) is 9.97. The summed E-state index contributed by atoms with van der Waals surface area (Å²) in [7, 11) is 0. The van der Waals surface area contributed by atoms with E-state index in [1.807, 2.05) is 19.1 Å². The molecule has 0 radical (unpaired) electrons. The minimum Gasteiger partial charge on any atom is -0.387 e. The van der Waals surface area contributed by atoms with E-state index in [0.717, 1.165) is 18.1 Å². The van der Waals surface area contributed by atoms with Crippen LogP contribution in [0.15, 0.2) is 47.0 Å². The fourth-order valence-electron chi connectivity index (χ4n) is 2.26. The highest BCUT2D eigenvalue weighted by Crippen LogP contribution is 2.27. The SMILES string of the molecule is CCNC(=NCC(C)(C)c1cccs1)NCC(O)c1ccncc1. The molecular formula is C18H26N4OS. The van der Waals surface area contributed by atoms with Crippen molar-refractivity contribution >= 4 is 17.3 Å². The molecule has 0 aliphatic heterocycles. The number of aromatic nitrogens is 1. The van der Waals surface area contributed by atoms with Crippen LogP contribution in [0.25, 0.3) is 0 Å². The Morgan fingerprint density at radius 3 is 2.67 bits per heavy atom. The summed E-state index contributed by atoms with van der Waals surface area (Å²) in [6.07, 6.45) is 2.77. The first-order valence-corrected chi connectivity index (χ1v) is 9.05. The van der Waals surface area contributed by atoms with E-state index >= 15 is 0 Å². The number of nitrogens with zero attached hydrogens (tertiary/aromatic N) is 2. The number of pyridine rings is 1. The van der Waals surface area contributed by atoms with Gasteiger partial charge in [-0.1, -0.05) is 19.9 Å². The molecule has 2 rings (SSSR count). The van der Waals surface area contributed by atoms with Crippen LogP contribution in [0.3, 0.4) is 0 Å². The average Bonchev–Trinajstić information content (AvgIpc) is 3.13. The van der Waals surface area contributed by atoms with E-state index in [4.69, 9.17) is 0 Å². The standard InChI is InChI=1S/C18H26N4OS/c1-4-20-17(21-12-15(23)14-7-9-19-10-8-14)22-13-18(2,3)16-6-5-11-24-16/h5-11,15,23H,4,12-13H2,1-3H3,(H2,20,21,22). The lowest BCUT2D eigenvalue weighted by atomic mass is 9.92. The van der Waals surface area contributed by atoms with Gasteiger partial charge in [-0.05, 0) is 36.1 Å². The highest BCUT2D eigenvalue weighted by Gasteiger charge is 2.21. The van der Waals surface area contributed by atoms with Gasteiger partial charge in [0.25, 0.3) is 0 Å². The molecule has 3 N–H and O–H groups in total. The van der Waals surface area contributed by atoms with Gasteiger partial charge in [0, 0.05) is 35.8 Å². The van der Waals surface area contributed by atoms with Gasteiger partial charge in [0.1, 0.15) is 0 Å². The lowest BCUT2D eigenvalue weighted by Gasteiger charge is -2.22. The monoisotopic (exact) mass is 346 g/mol. The highest BCUT2D eigenvalue weighted by molar-refractivity contribution is 7.10. The van der Waals surface area contributed by atoms with E-state index < -0.39 is 6.10 Å². The number of nitrogens with one attached hydrogen (secondary N) is 2. The van der Waals surface area contributed by atoms with E-state index in [0.29, 0.717) is 13.1 Å². The van der Waals surface area contributed by atoms with Gasteiger partial charge in [-0.25, -0.2) is 0 Å². The van der Waals surface area contributed by atoms with E-state index in [1.54, 1.807) is 23.7 Å². The van der Waals surface area contributed by atoms with Crippen molar-refractivity contribution in [2.75, 3.05) is 19.6 Å². The Labute approximate surface area is 147 Å². The molecule has 2 aromatic rings. The molecule has 24 heavy (non-hydrogen) atoms. The van der Waals surface area contributed by atoms with E-state index in [1.165, 1.54) is 4.88 Å². The van der Waals surface area contributed by atoms with Crippen molar-refractivity contribution in [2.24, 2.45) is 4.99 Å². The Hall–Kier alpha value is -1.92. The maximum Gasteiger partial charge on any atom is 0.191 e. The maximum absolute atomic E-state index is 10.2. The van der Waals surface area contributed by atoms with Crippen molar-refractivity contribution in [3.8, 4) is 0 Å². The van der Waals surface area contributed by atoms with Gasteiger partial charge in [-0.3, -0.25) is 9.98 Å². The number of hydrogen-bond donors (Lipinski definition) is 3. The van der Waals surface area contributed by atoms with Crippen LogP contribution in [0.2, 0.25) is 0 Å². The molecule has 1 atom stereocenters.